The minimum Gasteiger partial charge on any atom is -0.472 e. The summed E-state index contributed by atoms with van der Waals surface area (Å²) in [4.78, 5) is 70.4. The Morgan fingerprint density at radius 2 is 1.68 bits per heavy atom. The van der Waals surface area contributed by atoms with Crippen molar-refractivity contribution in [2.45, 2.75) is 128 Å². The molecule has 9 aliphatic rings. The highest BCUT2D eigenvalue weighted by molar-refractivity contribution is 6.01. The Morgan fingerprint density at radius 1 is 0.980 bits per heavy atom. The van der Waals surface area contributed by atoms with Crippen LogP contribution in [0.25, 0.3) is 0 Å². The standard InChI is InChI=1S/C37H46O13/c1-18(2)26(41)46-28-31(7)17-35-33(31,15-24(39)43-9)20(5)34-12-11-30(6,25(40)21-10-13-44-16-21)22-14-23(38)45-29(37(28,35)47-27(42)19(3)4)36(22,34)50-32(8,48-34)49-35/h10,13,16,18-20,22,28-29H,11-12,14-15,17H2,1-9H3/t20-,22+,28-,29-,30+,31+,32-,33-,34-,35-,36+,37-/m0/s1. The summed E-state index contributed by atoms with van der Waals surface area (Å²) in [6.45, 7) is 14.1. The first-order valence-electron chi connectivity index (χ1n) is 17.7. The van der Waals surface area contributed by atoms with Gasteiger partial charge in [-0.2, -0.15) is 0 Å². The van der Waals surface area contributed by atoms with Gasteiger partial charge in [0.05, 0.1) is 43.6 Å². The molecule has 12 atom stereocenters. The summed E-state index contributed by atoms with van der Waals surface area (Å²) in [6.07, 6.45) is 0.339. The molecule has 272 valence electrons. The summed E-state index contributed by atoms with van der Waals surface area (Å²) in [5, 5.41) is 0. The van der Waals surface area contributed by atoms with Gasteiger partial charge in [-0.25, -0.2) is 0 Å². The van der Waals surface area contributed by atoms with E-state index in [0.717, 1.165) is 0 Å². The van der Waals surface area contributed by atoms with Crippen molar-refractivity contribution in [1.29, 1.82) is 0 Å². The fraction of sp³-hybridized carbons (Fsp3) is 0.757. The van der Waals surface area contributed by atoms with E-state index in [-0.39, 0.29) is 37.9 Å². The topological polar surface area (TPSA) is 163 Å². The van der Waals surface area contributed by atoms with Crippen LogP contribution < -0.4 is 0 Å². The quantitative estimate of drug-likeness (QED) is 0.215. The summed E-state index contributed by atoms with van der Waals surface area (Å²) in [7, 11) is 1.30. The predicted octanol–water partition coefficient (Wildman–Crippen LogP) is 4.29. The lowest BCUT2D eigenvalue weighted by Gasteiger charge is -2.68. The second-order valence-electron chi connectivity index (χ2n) is 16.9. The number of Topliss-reactive ketones (excluding diaryl/α,β-unsaturated/α-hetero) is 1. The molecule has 1 aromatic rings. The average Bonchev–Trinajstić information content (AvgIpc) is 3.73. The third kappa shape index (κ3) is 3.31. The SMILES string of the molecule is COC(=O)C[C@]12[C@H](C)[C@@]34CC[C@@](C)(C(=O)c5ccoc5)[C@H]5CC(=O)O[C@@H]6[C@@]7(OC(=O)C(C)C)[C@@H](OC(=O)C(C)C)[C@@]1(C)C[C@@]72O[C@@](C)(O[C@@]653)O4. The molecule has 13 heteroatoms. The van der Waals surface area contributed by atoms with Gasteiger partial charge in [0, 0.05) is 29.1 Å². The Balaban J connectivity index is 1.49. The maximum atomic E-state index is 14.6. The molecule has 5 saturated carbocycles. The summed E-state index contributed by atoms with van der Waals surface area (Å²) < 4.78 is 51.9. The van der Waals surface area contributed by atoms with E-state index in [4.69, 9.17) is 37.6 Å². The fourth-order valence-corrected chi connectivity index (χ4v) is 12.4. The lowest BCUT2D eigenvalue weighted by molar-refractivity contribution is -0.409. The lowest BCUT2D eigenvalue weighted by atomic mass is 9.37. The minimum absolute atomic E-state index is 0.154. The molecular formula is C37H46O13. The molecule has 0 amide bonds. The highest BCUT2D eigenvalue weighted by atomic mass is 16.9. The maximum absolute atomic E-state index is 14.6. The number of furan rings is 1. The van der Waals surface area contributed by atoms with Crippen LogP contribution in [0.5, 0.6) is 0 Å². The van der Waals surface area contributed by atoms with Gasteiger partial charge in [-0.05, 0) is 31.2 Å². The number of hydrogen-bond acceptors (Lipinski definition) is 13. The third-order valence-corrected chi connectivity index (χ3v) is 14.2. The van der Waals surface area contributed by atoms with Gasteiger partial charge in [0.1, 0.15) is 23.1 Å². The van der Waals surface area contributed by atoms with Crippen LogP contribution in [0.15, 0.2) is 23.0 Å². The Morgan fingerprint density at radius 3 is 2.30 bits per heavy atom. The second-order valence-corrected chi connectivity index (χ2v) is 16.9. The summed E-state index contributed by atoms with van der Waals surface area (Å²) in [6, 6.07) is 1.59. The molecule has 3 spiro atoms. The molecule has 50 heavy (non-hydrogen) atoms. The molecule has 7 bridgehead atoms. The Bertz CT molecular complexity index is 1720. The molecule has 0 unspecified atom stereocenters. The number of ether oxygens (including phenoxy) is 7. The van der Waals surface area contributed by atoms with Crippen molar-refractivity contribution in [3.8, 4) is 0 Å². The molecule has 10 rings (SSSR count). The van der Waals surface area contributed by atoms with Gasteiger partial charge >= 0.3 is 23.9 Å². The molecule has 13 nitrogen and oxygen atoms in total. The molecule has 0 N–H and O–H groups in total. The van der Waals surface area contributed by atoms with Crippen molar-refractivity contribution in [2.24, 2.45) is 39.9 Å². The van der Waals surface area contributed by atoms with Crippen molar-refractivity contribution in [3.63, 3.8) is 0 Å². The number of carbonyl (C=O) groups excluding carboxylic acids is 5. The monoisotopic (exact) mass is 698 g/mol. The zero-order valence-electron chi connectivity index (χ0n) is 30.0. The predicted molar refractivity (Wildman–Crippen MR) is 168 cm³/mol. The first-order chi connectivity index (χ1) is 23.3. The molecule has 4 aliphatic heterocycles. The van der Waals surface area contributed by atoms with Gasteiger partial charge in [-0.15, -0.1) is 0 Å². The van der Waals surface area contributed by atoms with Crippen LogP contribution in [0.2, 0.25) is 0 Å². The van der Waals surface area contributed by atoms with Gasteiger partial charge in [0.15, 0.2) is 18.0 Å². The van der Waals surface area contributed by atoms with Gasteiger partial charge in [-0.1, -0.05) is 48.5 Å². The van der Waals surface area contributed by atoms with Crippen molar-refractivity contribution >= 4 is 29.7 Å². The molecule has 0 aromatic carbocycles. The van der Waals surface area contributed by atoms with Gasteiger partial charge < -0.3 is 37.6 Å². The first kappa shape index (κ1) is 33.8. The average molecular weight is 699 g/mol. The fourth-order valence-electron chi connectivity index (χ4n) is 12.4. The number of carbonyl (C=O) groups is 5. The zero-order valence-corrected chi connectivity index (χ0v) is 30.0. The largest absolute Gasteiger partial charge is 0.472 e. The van der Waals surface area contributed by atoms with E-state index in [1.807, 2.05) is 20.8 Å². The Kier molecular flexibility index (Phi) is 6.61. The van der Waals surface area contributed by atoms with E-state index < -0.39 is 104 Å². The Hall–Kier alpha value is -3.29. The minimum atomic E-state index is -2.02. The summed E-state index contributed by atoms with van der Waals surface area (Å²) in [5.74, 6) is -7.21. The lowest BCUT2D eigenvalue weighted by Crippen LogP contribution is -2.80. The number of methoxy groups -OCH3 is 1. The molecular weight excluding hydrogens is 652 g/mol. The smallest absolute Gasteiger partial charge is 0.309 e. The summed E-state index contributed by atoms with van der Waals surface area (Å²) >= 11 is 0. The first-order valence-corrected chi connectivity index (χ1v) is 17.7. The number of esters is 4. The second kappa shape index (κ2) is 9.77. The Labute approximate surface area is 290 Å². The van der Waals surface area contributed by atoms with Crippen LogP contribution in [0, 0.1) is 39.9 Å². The molecule has 5 heterocycles. The van der Waals surface area contributed by atoms with E-state index in [9.17, 15) is 24.0 Å². The van der Waals surface area contributed by atoms with Crippen LogP contribution in [0.3, 0.4) is 0 Å². The van der Waals surface area contributed by atoms with Crippen LogP contribution >= 0.6 is 0 Å². The molecule has 1 aromatic heterocycles. The van der Waals surface area contributed by atoms with Crippen LogP contribution in [0.1, 0.15) is 97.9 Å². The third-order valence-electron chi connectivity index (χ3n) is 14.2. The van der Waals surface area contributed by atoms with E-state index in [0.29, 0.717) is 5.56 Å². The van der Waals surface area contributed by atoms with E-state index in [1.54, 1.807) is 40.7 Å². The number of ketones is 1. The number of rotatable bonds is 8. The number of hydrogen-bond donors (Lipinski definition) is 0. The molecule has 4 saturated heterocycles. The zero-order chi connectivity index (χ0) is 36.2. The van der Waals surface area contributed by atoms with Gasteiger partial charge in [0.2, 0.25) is 5.60 Å². The highest BCUT2D eigenvalue weighted by Crippen LogP contribution is 2.91. The van der Waals surface area contributed by atoms with E-state index in [1.165, 1.54) is 19.6 Å². The maximum Gasteiger partial charge on any atom is 0.309 e. The van der Waals surface area contributed by atoms with Crippen molar-refractivity contribution < 1.29 is 61.5 Å². The summed E-state index contributed by atoms with van der Waals surface area (Å²) in [5.41, 5.74) is -9.87. The molecule has 5 aliphatic carbocycles. The van der Waals surface area contributed by atoms with Crippen LogP contribution in [-0.2, 0) is 52.3 Å². The van der Waals surface area contributed by atoms with Crippen molar-refractivity contribution in [3.05, 3.63) is 24.2 Å². The van der Waals surface area contributed by atoms with E-state index in [2.05, 4.69) is 0 Å². The van der Waals surface area contributed by atoms with Crippen LogP contribution in [0.4, 0.5) is 0 Å². The van der Waals surface area contributed by atoms with Crippen molar-refractivity contribution in [1.82, 2.24) is 0 Å². The molecule has 9 fully saturated rings. The van der Waals surface area contributed by atoms with Gasteiger partial charge in [0.25, 0.3) is 5.97 Å². The highest BCUT2D eigenvalue weighted by Gasteiger charge is 3.05. The van der Waals surface area contributed by atoms with Crippen LogP contribution in [-0.4, -0.2) is 77.4 Å². The van der Waals surface area contributed by atoms with Crippen molar-refractivity contribution in [2.75, 3.05) is 7.11 Å². The normalized spacial score (nSPS) is 48.7. The van der Waals surface area contributed by atoms with Gasteiger partial charge in [-0.3, -0.25) is 24.0 Å². The van der Waals surface area contributed by atoms with E-state index >= 15 is 0 Å². The molecule has 0 radical (unpaired) electrons.